The molecule has 0 aliphatic carbocycles. The van der Waals surface area contributed by atoms with Crippen molar-refractivity contribution in [3.8, 4) is 0 Å². The topological polar surface area (TPSA) is 32.3 Å². The summed E-state index contributed by atoms with van der Waals surface area (Å²) in [7, 11) is 0. The molecule has 2 heterocycles. The van der Waals surface area contributed by atoms with E-state index in [0.29, 0.717) is 23.1 Å². The molecule has 0 fully saturated rings. The lowest BCUT2D eigenvalue weighted by molar-refractivity contribution is 0.181. The fourth-order valence-electron chi connectivity index (χ4n) is 2.85. The Bertz CT molecular complexity index is 701. The number of hydrogen-bond acceptors (Lipinski definition) is 2. The molecule has 1 aliphatic rings. The van der Waals surface area contributed by atoms with Gasteiger partial charge in [-0.25, -0.2) is 4.79 Å². The van der Waals surface area contributed by atoms with Gasteiger partial charge in [0.2, 0.25) is 0 Å². The largest absolute Gasteiger partial charge is 0.338 e. The quantitative estimate of drug-likeness (QED) is 0.830. The Hall–Kier alpha value is -1.23. The zero-order chi connectivity index (χ0) is 15.7. The van der Waals surface area contributed by atoms with Gasteiger partial charge in [-0.1, -0.05) is 29.3 Å². The number of thiophene rings is 1. The third-order valence-corrected chi connectivity index (χ3v) is 5.37. The first kappa shape index (κ1) is 15.7. The number of nitrogens with zero attached hydrogens (tertiary/aromatic N) is 1. The van der Waals surface area contributed by atoms with Gasteiger partial charge in [-0.2, -0.15) is 0 Å². The zero-order valence-electron chi connectivity index (χ0n) is 12.1. The summed E-state index contributed by atoms with van der Waals surface area (Å²) in [5.41, 5.74) is 2.07. The second-order valence-electron chi connectivity index (χ2n) is 5.15. The summed E-state index contributed by atoms with van der Waals surface area (Å²) in [6.07, 6.45) is 0.881. The molecule has 0 bridgehead atoms. The van der Waals surface area contributed by atoms with Crippen LogP contribution in [0.25, 0.3) is 0 Å². The van der Waals surface area contributed by atoms with Crippen molar-refractivity contribution in [2.45, 2.75) is 19.4 Å². The molecule has 22 heavy (non-hydrogen) atoms. The molecule has 3 rings (SSSR count). The van der Waals surface area contributed by atoms with Crippen molar-refractivity contribution < 1.29 is 4.79 Å². The molecule has 1 aliphatic heterocycles. The molecule has 6 heteroatoms. The van der Waals surface area contributed by atoms with Crippen molar-refractivity contribution >= 4 is 40.6 Å². The lowest BCUT2D eigenvalue weighted by Crippen LogP contribution is -2.45. The fraction of sp³-hybridized carbons (Fsp3) is 0.312. The molecule has 0 saturated carbocycles. The van der Waals surface area contributed by atoms with E-state index in [1.54, 1.807) is 17.4 Å². The first-order valence-corrected chi connectivity index (χ1v) is 8.81. The molecule has 0 spiro atoms. The van der Waals surface area contributed by atoms with Crippen LogP contribution in [0.1, 0.15) is 29.0 Å². The van der Waals surface area contributed by atoms with E-state index in [1.807, 2.05) is 24.0 Å². The number of halogens is 2. The van der Waals surface area contributed by atoms with Crippen LogP contribution in [0, 0.1) is 0 Å². The lowest BCUT2D eigenvalue weighted by Gasteiger charge is -2.36. The molecular weight excluding hydrogens is 339 g/mol. The predicted molar refractivity (Wildman–Crippen MR) is 92.1 cm³/mol. The molecule has 2 aromatic rings. The third-order valence-electron chi connectivity index (χ3n) is 3.81. The highest BCUT2D eigenvalue weighted by atomic mass is 35.5. The molecule has 3 nitrogen and oxygen atoms in total. The predicted octanol–water partition coefficient (Wildman–Crippen LogP) is 4.73. The van der Waals surface area contributed by atoms with Crippen molar-refractivity contribution in [1.29, 1.82) is 0 Å². The smallest absolute Gasteiger partial charge is 0.318 e. The van der Waals surface area contributed by atoms with Crippen LogP contribution < -0.4 is 5.32 Å². The fourth-order valence-corrected chi connectivity index (χ4v) is 4.26. The monoisotopic (exact) mass is 354 g/mol. The highest BCUT2D eigenvalue weighted by Gasteiger charge is 2.33. The summed E-state index contributed by atoms with van der Waals surface area (Å²) >= 11 is 14.1. The van der Waals surface area contributed by atoms with E-state index in [4.69, 9.17) is 23.2 Å². The summed E-state index contributed by atoms with van der Waals surface area (Å²) in [6, 6.07) is 7.32. The SMILES string of the molecule is CCNC(=O)N1CCc2sccc2[C@H]1c1ccc(Cl)cc1Cl. The average molecular weight is 355 g/mol. The third kappa shape index (κ3) is 2.83. The van der Waals surface area contributed by atoms with Gasteiger partial charge in [0, 0.05) is 28.0 Å². The van der Waals surface area contributed by atoms with Crippen LogP contribution in [0.5, 0.6) is 0 Å². The molecule has 1 N–H and O–H groups in total. The van der Waals surface area contributed by atoms with Gasteiger partial charge in [-0.05, 0) is 48.1 Å². The Morgan fingerprint density at radius 3 is 2.91 bits per heavy atom. The van der Waals surface area contributed by atoms with E-state index in [1.165, 1.54) is 4.88 Å². The number of benzene rings is 1. The van der Waals surface area contributed by atoms with Crippen LogP contribution in [-0.2, 0) is 6.42 Å². The molecule has 1 atom stereocenters. The van der Waals surface area contributed by atoms with Crippen molar-refractivity contribution in [2.75, 3.05) is 13.1 Å². The van der Waals surface area contributed by atoms with E-state index < -0.39 is 0 Å². The minimum Gasteiger partial charge on any atom is -0.338 e. The summed E-state index contributed by atoms with van der Waals surface area (Å²) < 4.78 is 0. The molecule has 1 aromatic carbocycles. The Balaban J connectivity index is 2.07. The maximum atomic E-state index is 12.4. The average Bonchev–Trinajstić information content (AvgIpc) is 2.95. The molecule has 0 radical (unpaired) electrons. The Morgan fingerprint density at radius 2 is 2.18 bits per heavy atom. The van der Waals surface area contributed by atoms with Gasteiger partial charge in [0.1, 0.15) is 0 Å². The summed E-state index contributed by atoms with van der Waals surface area (Å²) in [5, 5.41) is 6.15. The van der Waals surface area contributed by atoms with Gasteiger partial charge < -0.3 is 10.2 Å². The standard InChI is InChI=1S/C16H16Cl2N2OS/c1-2-19-16(21)20-7-5-14-12(6-8-22-14)15(20)11-4-3-10(17)9-13(11)18/h3-4,6,8-9,15H,2,5,7H2,1H3,(H,19,21)/t15-/m1/s1. The van der Waals surface area contributed by atoms with Crippen molar-refractivity contribution in [3.63, 3.8) is 0 Å². The number of urea groups is 1. The number of carbonyl (C=O) groups is 1. The number of fused-ring (bicyclic) bond motifs is 1. The Morgan fingerprint density at radius 1 is 1.36 bits per heavy atom. The normalized spacial score (nSPS) is 17.2. The molecule has 2 amide bonds. The summed E-state index contributed by atoms with van der Waals surface area (Å²) in [5.74, 6) is 0. The summed E-state index contributed by atoms with van der Waals surface area (Å²) in [6.45, 7) is 3.21. The van der Waals surface area contributed by atoms with Crippen LogP contribution in [0.3, 0.4) is 0 Å². The molecule has 0 saturated heterocycles. The maximum absolute atomic E-state index is 12.4. The van der Waals surface area contributed by atoms with Gasteiger partial charge in [-0.3, -0.25) is 0 Å². The van der Waals surface area contributed by atoms with Gasteiger partial charge in [0.15, 0.2) is 0 Å². The van der Waals surface area contributed by atoms with E-state index in [9.17, 15) is 4.79 Å². The number of rotatable bonds is 2. The van der Waals surface area contributed by atoms with E-state index >= 15 is 0 Å². The van der Waals surface area contributed by atoms with Crippen LogP contribution in [-0.4, -0.2) is 24.0 Å². The van der Waals surface area contributed by atoms with Crippen LogP contribution in [0.4, 0.5) is 4.79 Å². The zero-order valence-corrected chi connectivity index (χ0v) is 14.4. The van der Waals surface area contributed by atoms with E-state index in [2.05, 4.69) is 16.8 Å². The van der Waals surface area contributed by atoms with Gasteiger partial charge in [0.25, 0.3) is 0 Å². The second-order valence-corrected chi connectivity index (χ2v) is 6.99. The van der Waals surface area contributed by atoms with Crippen molar-refractivity contribution in [3.05, 3.63) is 55.7 Å². The first-order valence-electron chi connectivity index (χ1n) is 7.17. The number of nitrogens with one attached hydrogen (secondary N) is 1. The van der Waals surface area contributed by atoms with Gasteiger partial charge in [-0.15, -0.1) is 11.3 Å². The molecular formula is C16H16Cl2N2OS. The summed E-state index contributed by atoms with van der Waals surface area (Å²) in [4.78, 5) is 15.6. The minimum absolute atomic E-state index is 0.0598. The van der Waals surface area contributed by atoms with Crippen LogP contribution >= 0.6 is 34.5 Å². The van der Waals surface area contributed by atoms with Crippen LogP contribution in [0.15, 0.2) is 29.6 Å². The molecule has 0 unspecified atom stereocenters. The highest BCUT2D eigenvalue weighted by molar-refractivity contribution is 7.10. The van der Waals surface area contributed by atoms with Gasteiger partial charge in [0.05, 0.1) is 6.04 Å². The molecule has 1 aromatic heterocycles. The van der Waals surface area contributed by atoms with E-state index in [-0.39, 0.29) is 12.1 Å². The van der Waals surface area contributed by atoms with Crippen molar-refractivity contribution in [2.24, 2.45) is 0 Å². The Kier molecular flexibility index (Phi) is 4.62. The number of hydrogen-bond donors (Lipinski definition) is 1. The van der Waals surface area contributed by atoms with Crippen LogP contribution in [0.2, 0.25) is 10.0 Å². The van der Waals surface area contributed by atoms with E-state index in [0.717, 1.165) is 17.5 Å². The van der Waals surface area contributed by atoms with Crippen molar-refractivity contribution in [1.82, 2.24) is 10.2 Å². The second kappa shape index (κ2) is 6.49. The number of carbonyl (C=O) groups excluding carboxylic acids is 1. The Labute approximate surface area is 143 Å². The molecule has 116 valence electrons. The first-order chi connectivity index (χ1) is 10.6. The maximum Gasteiger partial charge on any atom is 0.318 e. The van der Waals surface area contributed by atoms with Gasteiger partial charge >= 0.3 is 6.03 Å². The lowest BCUT2D eigenvalue weighted by atomic mass is 9.93. The minimum atomic E-state index is -0.161. The number of amides is 2. The highest BCUT2D eigenvalue weighted by Crippen LogP contribution is 2.40.